The lowest BCUT2D eigenvalue weighted by molar-refractivity contribution is 0.0884. The second-order valence-electron chi connectivity index (χ2n) is 5.30. The third kappa shape index (κ3) is 4.53. The molecular formula is C18H23N5O2S. The minimum Gasteiger partial charge on any atom is -0.381 e. The summed E-state index contributed by atoms with van der Waals surface area (Å²) in [7, 11) is 1.63. The van der Waals surface area contributed by atoms with E-state index in [9.17, 15) is 4.79 Å². The normalized spacial score (nSPS) is 11.9. The monoisotopic (exact) mass is 373 g/mol. The first kappa shape index (κ1) is 19.7. The molecule has 0 unspecified atom stereocenters. The van der Waals surface area contributed by atoms with Gasteiger partial charge in [0.2, 0.25) is 0 Å². The Kier molecular flexibility index (Phi) is 7.43. The van der Waals surface area contributed by atoms with Crippen molar-refractivity contribution in [3.05, 3.63) is 41.2 Å². The number of hydrogen-bond donors (Lipinski definition) is 2. The van der Waals surface area contributed by atoms with Crippen molar-refractivity contribution >= 4 is 39.6 Å². The van der Waals surface area contributed by atoms with Gasteiger partial charge >= 0.3 is 0 Å². The summed E-state index contributed by atoms with van der Waals surface area (Å²) in [6.45, 7) is 5.08. The Morgan fingerprint density at radius 1 is 1.42 bits per heavy atom. The van der Waals surface area contributed by atoms with Gasteiger partial charge < -0.3 is 10.1 Å². The second kappa shape index (κ2) is 9.79. The Morgan fingerprint density at radius 2 is 2.23 bits per heavy atom. The van der Waals surface area contributed by atoms with Gasteiger partial charge in [0.15, 0.2) is 0 Å². The van der Waals surface area contributed by atoms with Crippen LogP contribution < -0.4 is 5.32 Å². The number of methoxy groups -OCH3 is 1. The highest BCUT2D eigenvalue weighted by molar-refractivity contribution is 7.20. The molecule has 0 aliphatic carbocycles. The summed E-state index contributed by atoms with van der Waals surface area (Å²) in [5.74, 6) is 0.460. The van der Waals surface area contributed by atoms with Crippen molar-refractivity contribution in [3.63, 3.8) is 0 Å². The molecule has 0 aromatic carbocycles. The fourth-order valence-corrected chi connectivity index (χ4v) is 3.32. The molecule has 0 aliphatic rings. The Labute approximate surface area is 156 Å². The molecule has 0 atom stereocenters. The van der Waals surface area contributed by atoms with E-state index in [0.29, 0.717) is 23.7 Å². The zero-order chi connectivity index (χ0) is 18.9. The molecule has 2 aromatic rings. The number of hydrogen-bond acceptors (Lipinski definition) is 7. The number of nitrogens with one attached hydrogen (secondary N) is 2. The van der Waals surface area contributed by atoms with E-state index in [1.165, 1.54) is 22.6 Å². The van der Waals surface area contributed by atoms with Crippen LogP contribution in [0.1, 0.15) is 29.9 Å². The quantitative estimate of drug-likeness (QED) is 0.397. The van der Waals surface area contributed by atoms with Crippen LogP contribution in [0.15, 0.2) is 36.3 Å². The highest BCUT2D eigenvalue weighted by Gasteiger charge is 2.20. The van der Waals surface area contributed by atoms with Crippen molar-refractivity contribution in [1.29, 1.82) is 5.41 Å². The van der Waals surface area contributed by atoms with Crippen LogP contribution >= 0.6 is 11.3 Å². The van der Waals surface area contributed by atoms with Crippen molar-refractivity contribution in [2.45, 2.75) is 20.3 Å². The summed E-state index contributed by atoms with van der Waals surface area (Å²) in [5.41, 5.74) is 0.729. The second-order valence-corrected chi connectivity index (χ2v) is 6.33. The van der Waals surface area contributed by atoms with Crippen LogP contribution in [0.2, 0.25) is 0 Å². The van der Waals surface area contributed by atoms with Gasteiger partial charge in [-0.1, -0.05) is 18.2 Å². The van der Waals surface area contributed by atoms with Gasteiger partial charge in [0.1, 0.15) is 17.0 Å². The zero-order valence-electron chi connectivity index (χ0n) is 15.2. The molecule has 0 saturated carbocycles. The third-order valence-electron chi connectivity index (χ3n) is 3.63. The molecule has 2 N–H and O–H groups in total. The first-order valence-electron chi connectivity index (χ1n) is 8.27. The summed E-state index contributed by atoms with van der Waals surface area (Å²) in [4.78, 5) is 24.0. The first-order chi connectivity index (χ1) is 12.7. The summed E-state index contributed by atoms with van der Waals surface area (Å²) >= 11 is 1.30. The molecule has 7 nitrogen and oxygen atoms in total. The molecule has 0 aliphatic heterocycles. The summed E-state index contributed by atoms with van der Waals surface area (Å²) in [6.07, 6.45) is 8.70. The van der Waals surface area contributed by atoms with E-state index in [2.05, 4.69) is 15.3 Å². The number of fused-ring (bicyclic) bond motifs is 1. The highest BCUT2D eigenvalue weighted by atomic mass is 32.1. The molecule has 2 aromatic heterocycles. The maximum absolute atomic E-state index is 12.9. The number of thiophene rings is 1. The van der Waals surface area contributed by atoms with E-state index in [1.54, 1.807) is 13.2 Å². The molecule has 0 fully saturated rings. The fourth-order valence-electron chi connectivity index (χ4n) is 2.38. The number of ether oxygens (including phenoxy) is 1. The average Bonchev–Trinajstić information content (AvgIpc) is 3.09. The fraction of sp³-hybridized carbons (Fsp3) is 0.333. The molecule has 2 heterocycles. The molecule has 8 heteroatoms. The van der Waals surface area contributed by atoms with Gasteiger partial charge in [-0.15, -0.1) is 11.3 Å². The molecule has 1 amide bonds. The maximum Gasteiger partial charge on any atom is 0.273 e. The van der Waals surface area contributed by atoms with E-state index in [0.717, 1.165) is 28.8 Å². The van der Waals surface area contributed by atoms with Crippen molar-refractivity contribution in [2.24, 2.45) is 0 Å². The maximum atomic E-state index is 12.9. The first-order valence-corrected chi connectivity index (χ1v) is 9.09. The molecule has 138 valence electrons. The van der Waals surface area contributed by atoms with Crippen LogP contribution in [0, 0.1) is 5.41 Å². The summed E-state index contributed by atoms with van der Waals surface area (Å²) in [6, 6.07) is 1.78. The van der Waals surface area contributed by atoms with Crippen LogP contribution in [0.4, 0.5) is 5.82 Å². The number of rotatable bonds is 9. The van der Waals surface area contributed by atoms with E-state index >= 15 is 0 Å². The number of carbonyl (C=O) groups excluding carboxylic acids is 1. The third-order valence-corrected chi connectivity index (χ3v) is 4.66. The Bertz CT molecular complexity index is 828. The Hall–Kier alpha value is -2.58. The summed E-state index contributed by atoms with van der Waals surface area (Å²) in [5, 5.41) is 11.7. The minimum atomic E-state index is -0.251. The van der Waals surface area contributed by atoms with Gasteiger partial charge in [0.05, 0.1) is 23.2 Å². The van der Waals surface area contributed by atoms with Gasteiger partial charge in [0.25, 0.3) is 5.91 Å². The molecule has 26 heavy (non-hydrogen) atoms. The molecule has 0 saturated heterocycles. The van der Waals surface area contributed by atoms with Crippen LogP contribution in [0.5, 0.6) is 0 Å². The number of nitrogens with zero attached hydrogens (tertiary/aromatic N) is 3. The van der Waals surface area contributed by atoms with Crippen LogP contribution in [0.3, 0.4) is 0 Å². The van der Waals surface area contributed by atoms with E-state index in [1.807, 2.05) is 32.1 Å². The number of aromatic nitrogens is 2. The Balaban J connectivity index is 2.28. The molecule has 0 bridgehead atoms. The van der Waals surface area contributed by atoms with Crippen LogP contribution in [0.25, 0.3) is 10.2 Å². The van der Waals surface area contributed by atoms with E-state index in [4.69, 9.17) is 10.1 Å². The van der Waals surface area contributed by atoms with Crippen LogP contribution in [-0.2, 0) is 4.74 Å². The molecule has 0 radical (unpaired) electrons. The van der Waals surface area contributed by atoms with Crippen molar-refractivity contribution in [3.8, 4) is 0 Å². The smallest absolute Gasteiger partial charge is 0.273 e. The Morgan fingerprint density at radius 3 is 2.88 bits per heavy atom. The van der Waals surface area contributed by atoms with E-state index < -0.39 is 0 Å². The van der Waals surface area contributed by atoms with Crippen molar-refractivity contribution in [1.82, 2.24) is 14.9 Å². The highest BCUT2D eigenvalue weighted by Crippen LogP contribution is 2.29. The average molecular weight is 373 g/mol. The van der Waals surface area contributed by atoms with Gasteiger partial charge in [-0.25, -0.2) is 9.97 Å². The van der Waals surface area contributed by atoms with Gasteiger partial charge in [-0.3, -0.25) is 15.1 Å². The number of allylic oxidation sites excluding steroid dienone is 2. The number of anilines is 1. The predicted molar refractivity (Wildman–Crippen MR) is 106 cm³/mol. The minimum absolute atomic E-state index is 0.251. The number of amides is 1. The lowest BCUT2D eigenvalue weighted by Gasteiger charge is -2.18. The SMILES string of the molecule is C/C=C(\C/C=C\COC)N(C=N)C(=O)c1cc2c(NCC)ncnc2s1. The van der Waals surface area contributed by atoms with Gasteiger partial charge in [-0.2, -0.15) is 0 Å². The topological polar surface area (TPSA) is 91.2 Å². The molecule has 2 rings (SSSR count). The van der Waals surface area contributed by atoms with Gasteiger partial charge in [-0.05, 0) is 19.9 Å². The van der Waals surface area contributed by atoms with Crippen LogP contribution in [-0.4, -0.2) is 47.4 Å². The largest absolute Gasteiger partial charge is 0.381 e. The lowest BCUT2D eigenvalue weighted by atomic mass is 10.2. The standard InChI is InChI=1S/C18H23N5O2S/c1-4-13(8-6-7-9-25-3)23(11-19)18(24)15-10-14-16(20-5-2)21-12-22-17(14)26-15/h4,6-7,10-12,19H,5,8-9H2,1-3H3,(H,20,21,22)/b7-6-,13-4+,19-11?. The van der Waals surface area contributed by atoms with Gasteiger partial charge in [0, 0.05) is 25.8 Å². The zero-order valence-corrected chi connectivity index (χ0v) is 16.0. The number of carbonyl (C=O) groups is 1. The van der Waals surface area contributed by atoms with Crippen molar-refractivity contribution < 1.29 is 9.53 Å². The summed E-state index contributed by atoms with van der Waals surface area (Å²) < 4.78 is 4.98. The molecular weight excluding hydrogens is 350 g/mol. The van der Waals surface area contributed by atoms with E-state index in [-0.39, 0.29) is 5.91 Å². The molecule has 0 spiro atoms. The predicted octanol–water partition coefficient (Wildman–Crippen LogP) is 3.67. The lowest BCUT2D eigenvalue weighted by Crippen LogP contribution is -2.27. The van der Waals surface area contributed by atoms with Crippen molar-refractivity contribution in [2.75, 3.05) is 25.6 Å².